The van der Waals surface area contributed by atoms with Crippen LogP contribution in [-0.2, 0) is 6.54 Å². The molecule has 2 rings (SSSR count). The van der Waals surface area contributed by atoms with Gasteiger partial charge >= 0.3 is 0 Å². The molecular formula is C13H19NO3. The van der Waals surface area contributed by atoms with Crippen LogP contribution in [0.1, 0.15) is 5.56 Å². The van der Waals surface area contributed by atoms with Gasteiger partial charge < -0.3 is 15.3 Å². The largest absolute Gasteiger partial charge is 0.396 e. The Labute approximate surface area is 101 Å². The highest BCUT2D eigenvalue weighted by molar-refractivity contribution is 5.14. The van der Waals surface area contributed by atoms with Crippen LogP contribution < -0.4 is 0 Å². The second-order valence-corrected chi connectivity index (χ2v) is 4.68. The fourth-order valence-electron chi connectivity index (χ4n) is 2.34. The van der Waals surface area contributed by atoms with Crippen molar-refractivity contribution in [1.29, 1.82) is 0 Å². The number of aliphatic hydroxyl groups excluding tert-OH is 3. The predicted molar refractivity (Wildman–Crippen MR) is 64.3 cm³/mol. The first kappa shape index (κ1) is 12.5. The molecule has 1 aliphatic rings. The summed E-state index contributed by atoms with van der Waals surface area (Å²) in [4.78, 5) is 2.06. The van der Waals surface area contributed by atoms with Gasteiger partial charge in [-0.15, -0.1) is 0 Å². The number of benzene rings is 1. The maximum atomic E-state index is 9.72. The van der Waals surface area contributed by atoms with E-state index in [2.05, 4.69) is 4.90 Å². The van der Waals surface area contributed by atoms with Crippen LogP contribution in [0.25, 0.3) is 0 Å². The van der Waals surface area contributed by atoms with E-state index in [0.29, 0.717) is 13.1 Å². The molecule has 0 unspecified atom stereocenters. The second-order valence-electron chi connectivity index (χ2n) is 4.68. The Morgan fingerprint density at radius 1 is 1.12 bits per heavy atom. The van der Waals surface area contributed by atoms with Gasteiger partial charge in [0.1, 0.15) is 0 Å². The van der Waals surface area contributed by atoms with Crippen LogP contribution in [0, 0.1) is 5.92 Å². The van der Waals surface area contributed by atoms with Crippen molar-refractivity contribution in [1.82, 2.24) is 4.90 Å². The molecule has 17 heavy (non-hydrogen) atoms. The minimum atomic E-state index is -0.813. The van der Waals surface area contributed by atoms with E-state index in [9.17, 15) is 10.2 Å². The van der Waals surface area contributed by atoms with Gasteiger partial charge in [-0.1, -0.05) is 30.3 Å². The molecule has 1 aliphatic heterocycles. The first-order valence-corrected chi connectivity index (χ1v) is 5.94. The lowest BCUT2D eigenvalue weighted by molar-refractivity contribution is -0.0879. The summed E-state index contributed by atoms with van der Waals surface area (Å²) in [5.74, 6) is -0.262. The molecular weight excluding hydrogens is 218 g/mol. The van der Waals surface area contributed by atoms with Gasteiger partial charge in [0.25, 0.3) is 0 Å². The zero-order valence-electron chi connectivity index (χ0n) is 9.74. The zero-order chi connectivity index (χ0) is 12.3. The molecule has 0 amide bonds. The fraction of sp³-hybridized carbons (Fsp3) is 0.538. The average molecular weight is 237 g/mol. The molecule has 4 nitrogen and oxygen atoms in total. The van der Waals surface area contributed by atoms with E-state index in [1.807, 2.05) is 30.3 Å². The molecule has 4 heteroatoms. The van der Waals surface area contributed by atoms with Crippen molar-refractivity contribution in [2.24, 2.45) is 5.92 Å². The van der Waals surface area contributed by atoms with Crippen LogP contribution in [0.5, 0.6) is 0 Å². The smallest absolute Gasteiger partial charge is 0.0929 e. The molecule has 0 spiro atoms. The lowest BCUT2D eigenvalue weighted by atomic mass is 9.93. The number of hydrogen-bond donors (Lipinski definition) is 3. The normalized spacial score (nSPS) is 30.4. The fourth-order valence-corrected chi connectivity index (χ4v) is 2.34. The average Bonchev–Trinajstić information content (AvgIpc) is 2.35. The van der Waals surface area contributed by atoms with Gasteiger partial charge in [-0.05, 0) is 5.56 Å². The lowest BCUT2D eigenvalue weighted by Crippen LogP contribution is -2.53. The van der Waals surface area contributed by atoms with Crippen molar-refractivity contribution >= 4 is 0 Å². The van der Waals surface area contributed by atoms with Crippen molar-refractivity contribution in [3.63, 3.8) is 0 Å². The summed E-state index contributed by atoms with van der Waals surface area (Å²) in [6, 6.07) is 9.99. The number of aliphatic hydroxyl groups is 3. The summed E-state index contributed by atoms with van der Waals surface area (Å²) >= 11 is 0. The van der Waals surface area contributed by atoms with E-state index in [0.717, 1.165) is 6.54 Å². The Kier molecular flexibility index (Phi) is 4.12. The highest BCUT2D eigenvalue weighted by atomic mass is 16.3. The molecule has 3 atom stereocenters. The van der Waals surface area contributed by atoms with E-state index in [-0.39, 0.29) is 12.5 Å². The first-order chi connectivity index (χ1) is 8.20. The second kappa shape index (κ2) is 5.60. The highest BCUT2D eigenvalue weighted by Crippen LogP contribution is 2.19. The molecule has 94 valence electrons. The summed E-state index contributed by atoms with van der Waals surface area (Å²) in [7, 11) is 0. The number of β-amino-alcohol motifs (C(OH)–C–C–N with tert-alkyl or cyclic N) is 1. The van der Waals surface area contributed by atoms with Gasteiger partial charge in [0.15, 0.2) is 0 Å². The first-order valence-electron chi connectivity index (χ1n) is 5.94. The van der Waals surface area contributed by atoms with E-state index in [4.69, 9.17) is 5.11 Å². The highest BCUT2D eigenvalue weighted by Gasteiger charge is 2.33. The van der Waals surface area contributed by atoms with E-state index < -0.39 is 12.2 Å². The van der Waals surface area contributed by atoms with Crippen molar-refractivity contribution in [2.75, 3.05) is 19.7 Å². The Morgan fingerprint density at radius 3 is 2.47 bits per heavy atom. The topological polar surface area (TPSA) is 63.9 Å². The van der Waals surface area contributed by atoms with Crippen molar-refractivity contribution in [3.05, 3.63) is 35.9 Å². The summed E-state index contributed by atoms with van der Waals surface area (Å²) < 4.78 is 0. The van der Waals surface area contributed by atoms with Gasteiger partial charge in [0, 0.05) is 32.2 Å². The quantitative estimate of drug-likeness (QED) is 0.683. The molecule has 1 fully saturated rings. The number of rotatable bonds is 3. The summed E-state index contributed by atoms with van der Waals surface area (Å²) in [5.41, 5.74) is 1.17. The SMILES string of the molecule is OC[C@@H]1CN(Cc2ccccc2)C[C@H](O)[C@H]1O. The summed E-state index contributed by atoms with van der Waals surface area (Å²) in [5, 5.41) is 28.6. The van der Waals surface area contributed by atoms with Crippen molar-refractivity contribution in [2.45, 2.75) is 18.8 Å². The third-order valence-electron chi connectivity index (χ3n) is 3.30. The molecule has 1 aromatic carbocycles. The summed E-state index contributed by atoms with van der Waals surface area (Å²) in [6.07, 6.45) is -1.59. The van der Waals surface area contributed by atoms with E-state index >= 15 is 0 Å². The Morgan fingerprint density at radius 2 is 1.82 bits per heavy atom. The molecule has 0 saturated carbocycles. The van der Waals surface area contributed by atoms with E-state index in [1.54, 1.807) is 0 Å². The molecule has 1 saturated heterocycles. The molecule has 0 aliphatic carbocycles. The molecule has 1 aromatic rings. The van der Waals surface area contributed by atoms with Crippen LogP contribution in [0.4, 0.5) is 0 Å². The number of nitrogens with zero attached hydrogens (tertiary/aromatic N) is 1. The van der Waals surface area contributed by atoms with Crippen LogP contribution >= 0.6 is 0 Å². The Balaban J connectivity index is 1.98. The van der Waals surface area contributed by atoms with Crippen LogP contribution in [-0.4, -0.2) is 52.1 Å². The minimum Gasteiger partial charge on any atom is -0.396 e. The molecule has 0 aromatic heterocycles. The minimum absolute atomic E-state index is 0.0937. The van der Waals surface area contributed by atoms with Crippen LogP contribution in [0.3, 0.4) is 0 Å². The Hall–Kier alpha value is -0.940. The maximum absolute atomic E-state index is 9.72. The zero-order valence-corrected chi connectivity index (χ0v) is 9.74. The lowest BCUT2D eigenvalue weighted by Gasteiger charge is -2.38. The maximum Gasteiger partial charge on any atom is 0.0929 e. The van der Waals surface area contributed by atoms with Gasteiger partial charge in [0.05, 0.1) is 12.2 Å². The molecule has 3 N–H and O–H groups in total. The van der Waals surface area contributed by atoms with Crippen molar-refractivity contribution < 1.29 is 15.3 Å². The van der Waals surface area contributed by atoms with Gasteiger partial charge in [0.2, 0.25) is 0 Å². The molecule has 0 bridgehead atoms. The van der Waals surface area contributed by atoms with Gasteiger partial charge in [-0.2, -0.15) is 0 Å². The summed E-state index contributed by atoms with van der Waals surface area (Å²) in [6.45, 7) is 1.71. The van der Waals surface area contributed by atoms with E-state index in [1.165, 1.54) is 5.56 Å². The standard InChI is InChI=1S/C13H19NO3/c15-9-11-7-14(8-12(16)13(11)17)6-10-4-2-1-3-5-10/h1-5,11-13,15-17H,6-9H2/t11-,12-,13-/m0/s1. The Bertz CT molecular complexity index is 344. The van der Waals surface area contributed by atoms with Crippen LogP contribution in [0.15, 0.2) is 30.3 Å². The number of hydrogen-bond acceptors (Lipinski definition) is 4. The monoisotopic (exact) mass is 237 g/mol. The van der Waals surface area contributed by atoms with Crippen molar-refractivity contribution in [3.8, 4) is 0 Å². The predicted octanol–water partition coefficient (Wildman–Crippen LogP) is -0.168. The number of piperidine rings is 1. The third-order valence-corrected chi connectivity index (χ3v) is 3.30. The van der Waals surface area contributed by atoms with Gasteiger partial charge in [-0.3, -0.25) is 4.90 Å². The number of likely N-dealkylation sites (tertiary alicyclic amines) is 1. The molecule has 1 heterocycles. The van der Waals surface area contributed by atoms with Crippen LogP contribution in [0.2, 0.25) is 0 Å². The van der Waals surface area contributed by atoms with Gasteiger partial charge in [-0.25, -0.2) is 0 Å². The molecule has 0 radical (unpaired) electrons. The third kappa shape index (κ3) is 3.04.